The summed E-state index contributed by atoms with van der Waals surface area (Å²) in [5.74, 6) is 17.4. The first-order valence-corrected chi connectivity index (χ1v) is 24.3. The molecule has 2 aliphatic rings. The average Bonchev–Trinajstić information content (AvgIpc) is 3.30. The summed E-state index contributed by atoms with van der Waals surface area (Å²) in [6.07, 6.45) is 4.28. The SMILES string of the molecule is CC(=O)N1CC(C#Cc2ccc3ncnc(Nc4ccc(Oc5ccccc5)c(Cl)c4)c3c2)C1.Cc1cc(Nc2ncnc3ccc(C#CC4CN(S(C)(=O)=O)C4)cc23)ccc1Oc1ccccc1. The lowest BCUT2D eigenvalue weighted by molar-refractivity contribution is -0.133. The summed E-state index contributed by atoms with van der Waals surface area (Å²) >= 11 is 6.47. The Balaban J connectivity index is 0.000000172. The van der Waals surface area contributed by atoms with Crippen LogP contribution in [-0.2, 0) is 14.8 Å². The van der Waals surface area contributed by atoms with Gasteiger partial charge in [-0.05, 0) is 110 Å². The smallest absolute Gasteiger partial charge is 0.219 e. The molecule has 4 heterocycles. The molecule has 0 spiro atoms. The summed E-state index contributed by atoms with van der Waals surface area (Å²) in [4.78, 5) is 30.7. The van der Waals surface area contributed by atoms with Gasteiger partial charge in [-0.2, -0.15) is 4.31 Å². The van der Waals surface area contributed by atoms with Crippen LogP contribution >= 0.6 is 11.6 Å². The zero-order chi connectivity index (χ0) is 47.9. The topological polar surface area (TPSA) is 152 Å². The molecule has 2 aromatic heterocycles. The number of aryl methyl sites for hydroxylation is 1. The van der Waals surface area contributed by atoms with Gasteiger partial charge in [-0.15, -0.1) is 0 Å². The highest BCUT2D eigenvalue weighted by Crippen LogP contribution is 2.34. The lowest BCUT2D eigenvalue weighted by Crippen LogP contribution is -2.48. The molecular weight excluding hydrogens is 908 g/mol. The van der Waals surface area contributed by atoms with Gasteiger partial charge >= 0.3 is 0 Å². The standard InChI is InChI=1S/C27H21ClN4O2.C27H24N4O3S/c1-18(33)32-15-20(16-32)8-7-19-9-11-25-23(13-19)27(30-17-29-25)31-21-10-12-26(24(28)14-21)34-22-5-3-2-4-6-22;1-19-14-22(11-13-26(19)34-23-6-4-3-5-7-23)30-27-24-15-20(10-12-25(24)28-18-29-27)8-9-21-16-31(17-21)35(2,32)33/h2-6,9-14,17,20H,15-16H2,1H3,(H,29,30,31);3-7,10-15,18,21H,16-17H2,1-2H3,(H,28,29,30). The van der Waals surface area contributed by atoms with Crippen LogP contribution in [0.15, 0.2) is 146 Å². The Bertz CT molecular complexity index is 3440. The van der Waals surface area contributed by atoms with E-state index in [0.29, 0.717) is 48.6 Å². The highest BCUT2D eigenvalue weighted by Gasteiger charge is 2.32. The molecule has 2 N–H and O–H groups in total. The lowest BCUT2D eigenvalue weighted by Gasteiger charge is -2.35. The molecule has 2 aliphatic heterocycles. The Morgan fingerprint density at radius 2 is 1.13 bits per heavy atom. The third-order valence-corrected chi connectivity index (χ3v) is 12.9. The number of benzene rings is 6. The van der Waals surface area contributed by atoms with E-state index in [9.17, 15) is 13.2 Å². The van der Waals surface area contributed by atoms with Crippen molar-refractivity contribution >= 4 is 72.3 Å². The van der Waals surface area contributed by atoms with Gasteiger partial charge in [0.05, 0.1) is 28.2 Å². The summed E-state index contributed by atoms with van der Waals surface area (Å²) in [5.41, 5.74) is 5.97. The number of nitrogens with zero attached hydrogens (tertiary/aromatic N) is 6. The first-order valence-electron chi connectivity index (χ1n) is 22.0. The maximum absolute atomic E-state index is 11.5. The number of amides is 1. The van der Waals surface area contributed by atoms with Crippen molar-refractivity contribution in [2.75, 3.05) is 43.1 Å². The summed E-state index contributed by atoms with van der Waals surface area (Å²) in [6.45, 7) is 5.85. The molecule has 0 radical (unpaired) electrons. The molecule has 0 unspecified atom stereocenters. The third-order valence-electron chi connectivity index (χ3n) is 11.3. The van der Waals surface area contributed by atoms with Crippen molar-refractivity contribution < 1.29 is 22.7 Å². The van der Waals surface area contributed by atoms with Crippen LogP contribution in [-0.4, -0.2) is 75.9 Å². The molecule has 0 bridgehead atoms. The van der Waals surface area contributed by atoms with Gasteiger partial charge in [0, 0.05) is 72.3 Å². The molecule has 8 aromatic rings. The van der Waals surface area contributed by atoms with Crippen LogP contribution in [0.1, 0.15) is 23.6 Å². The Morgan fingerprint density at radius 1 is 0.638 bits per heavy atom. The number of halogens is 1. The van der Waals surface area contributed by atoms with E-state index in [0.717, 1.165) is 67.1 Å². The van der Waals surface area contributed by atoms with Gasteiger partial charge in [0.25, 0.3) is 0 Å². The maximum Gasteiger partial charge on any atom is 0.219 e. The molecule has 13 nitrogen and oxygen atoms in total. The minimum Gasteiger partial charge on any atom is -0.457 e. The number of hydrogen-bond acceptors (Lipinski definition) is 11. The molecule has 0 atom stereocenters. The quantitative estimate of drug-likeness (QED) is 0.133. The largest absolute Gasteiger partial charge is 0.457 e. The summed E-state index contributed by atoms with van der Waals surface area (Å²) in [7, 11) is -3.14. The number of carbonyl (C=O) groups is 1. The molecule has 10 rings (SSSR count). The summed E-state index contributed by atoms with van der Waals surface area (Å²) < 4.78 is 36.3. The maximum atomic E-state index is 11.5. The van der Waals surface area contributed by atoms with Gasteiger partial charge in [-0.25, -0.2) is 28.4 Å². The number of carbonyl (C=O) groups excluding carboxylic acids is 1. The van der Waals surface area contributed by atoms with E-state index in [2.05, 4.69) is 54.3 Å². The zero-order valence-corrected chi connectivity index (χ0v) is 39.4. The second kappa shape index (κ2) is 20.5. The Morgan fingerprint density at radius 3 is 1.62 bits per heavy atom. The number of fused-ring (bicyclic) bond motifs is 2. The number of rotatable bonds is 9. The number of para-hydroxylation sites is 2. The molecular formula is C54H45ClN8O5S. The van der Waals surface area contributed by atoms with Crippen molar-refractivity contribution in [3.8, 4) is 46.7 Å². The number of sulfonamides is 1. The van der Waals surface area contributed by atoms with Crippen LogP contribution in [0.3, 0.4) is 0 Å². The molecule has 69 heavy (non-hydrogen) atoms. The Kier molecular flexibility index (Phi) is 13.7. The van der Waals surface area contributed by atoms with Crippen LogP contribution in [0.2, 0.25) is 5.02 Å². The molecule has 344 valence electrons. The van der Waals surface area contributed by atoms with E-state index in [1.807, 2.05) is 134 Å². The summed E-state index contributed by atoms with van der Waals surface area (Å²) in [5, 5.41) is 8.91. The number of nitrogens with one attached hydrogen (secondary N) is 2. The first-order chi connectivity index (χ1) is 33.4. The summed E-state index contributed by atoms with van der Waals surface area (Å²) in [6, 6.07) is 42.2. The van der Waals surface area contributed by atoms with E-state index in [-0.39, 0.29) is 17.7 Å². The molecule has 15 heteroatoms. The number of likely N-dealkylation sites (tertiary alicyclic amines) is 1. The van der Waals surface area contributed by atoms with Gasteiger partial charge in [0.1, 0.15) is 47.3 Å². The van der Waals surface area contributed by atoms with Gasteiger partial charge in [0.2, 0.25) is 15.9 Å². The van der Waals surface area contributed by atoms with Crippen molar-refractivity contribution in [1.82, 2.24) is 29.1 Å². The fraction of sp³-hybridized carbons (Fsp3) is 0.167. The minimum absolute atomic E-state index is 0.0460. The second-order valence-corrected chi connectivity index (χ2v) is 18.9. The molecule has 0 saturated carbocycles. The molecule has 0 aliphatic carbocycles. The van der Waals surface area contributed by atoms with E-state index < -0.39 is 10.0 Å². The fourth-order valence-corrected chi connectivity index (χ4v) is 8.59. The van der Waals surface area contributed by atoms with Crippen molar-refractivity contribution in [2.24, 2.45) is 11.8 Å². The lowest BCUT2D eigenvalue weighted by atomic mass is 10.0. The highest BCUT2D eigenvalue weighted by atomic mass is 35.5. The van der Waals surface area contributed by atoms with Gasteiger partial charge in [-0.1, -0.05) is 71.7 Å². The second-order valence-electron chi connectivity index (χ2n) is 16.6. The van der Waals surface area contributed by atoms with Crippen LogP contribution in [0, 0.1) is 42.4 Å². The molecule has 1 amide bonds. The first kappa shape index (κ1) is 46.1. The number of anilines is 4. The van der Waals surface area contributed by atoms with Crippen molar-refractivity contribution in [3.63, 3.8) is 0 Å². The van der Waals surface area contributed by atoms with E-state index in [1.165, 1.54) is 23.2 Å². The van der Waals surface area contributed by atoms with E-state index in [1.54, 1.807) is 17.9 Å². The van der Waals surface area contributed by atoms with E-state index >= 15 is 0 Å². The molecule has 2 fully saturated rings. The van der Waals surface area contributed by atoms with Crippen LogP contribution in [0.25, 0.3) is 21.8 Å². The van der Waals surface area contributed by atoms with Gasteiger partial charge < -0.3 is 25.0 Å². The Labute approximate surface area is 405 Å². The number of ether oxygens (including phenoxy) is 2. The number of aromatic nitrogens is 4. The van der Waals surface area contributed by atoms with Gasteiger partial charge in [-0.3, -0.25) is 4.79 Å². The number of hydrogen-bond donors (Lipinski definition) is 2. The minimum atomic E-state index is -3.14. The zero-order valence-electron chi connectivity index (χ0n) is 37.9. The molecule has 6 aromatic carbocycles. The predicted octanol–water partition coefficient (Wildman–Crippen LogP) is 10.4. The normalized spacial score (nSPS) is 13.6. The van der Waals surface area contributed by atoms with Crippen molar-refractivity contribution in [2.45, 2.75) is 13.8 Å². The molecule has 2 saturated heterocycles. The predicted molar refractivity (Wildman–Crippen MR) is 271 cm³/mol. The van der Waals surface area contributed by atoms with Crippen LogP contribution in [0.5, 0.6) is 23.0 Å². The monoisotopic (exact) mass is 952 g/mol. The van der Waals surface area contributed by atoms with Crippen molar-refractivity contribution in [1.29, 1.82) is 0 Å². The Hall–Kier alpha value is -8.01. The average molecular weight is 954 g/mol. The highest BCUT2D eigenvalue weighted by molar-refractivity contribution is 7.88. The van der Waals surface area contributed by atoms with Gasteiger partial charge in [0.15, 0.2) is 0 Å². The third kappa shape index (κ3) is 11.6. The van der Waals surface area contributed by atoms with Crippen LogP contribution < -0.4 is 20.1 Å². The van der Waals surface area contributed by atoms with Crippen LogP contribution in [0.4, 0.5) is 23.0 Å². The fourth-order valence-electron chi connectivity index (χ4n) is 7.47. The van der Waals surface area contributed by atoms with E-state index in [4.69, 9.17) is 21.1 Å². The van der Waals surface area contributed by atoms with Crippen molar-refractivity contribution in [3.05, 3.63) is 168 Å².